The number of nitrogens with one attached hydrogen (secondary N) is 2. The van der Waals surface area contributed by atoms with Gasteiger partial charge in [-0.3, -0.25) is 47.9 Å². The standard InChI is InChI=1S/C32H49N4O17P/c1-18(2)50-26-21(52-29(28(26)48-13-9-19(3)39)35(6)11-7-22(40)33-17-38)16-49-54(45,46)53-32(4,5)25-20(15-37)51-30(27(25)47-14-10-24(42)43)36-12-8-23(41)34-31(36)44/h7-8,11-12,17-18,20-21,25-30,37H,9-10,13-16H2,1-6H3,(H,42,43)(H,45,46)(H,33,38,40)(H,34,41,44)/b11-7-. The molecule has 21 nitrogen and oxygen atoms in total. The molecule has 0 bridgehead atoms. The van der Waals surface area contributed by atoms with Crippen molar-refractivity contribution in [2.24, 2.45) is 5.92 Å². The molecule has 5 N–H and O–H groups in total. The molecule has 0 saturated carbocycles. The number of phosphoric ester groups is 1. The van der Waals surface area contributed by atoms with E-state index in [9.17, 15) is 48.4 Å². The van der Waals surface area contributed by atoms with Crippen LogP contribution in [0.5, 0.6) is 0 Å². The first-order chi connectivity index (χ1) is 25.3. The second-order valence-electron chi connectivity index (χ2n) is 13.3. The largest absolute Gasteiger partial charge is 0.481 e. The molecule has 22 heteroatoms. The molecule has 9 atom stereocenters. The van der Waals surface area contributed by atoms with Gasteiger partial charge in [-0.05, 0) is 34.6 Å². The number of likely N-dealkylation sites (N-methyl/N-ethyl adjacent to an activating group) is 1. The first-order valence-corrected chi connectivity index (χ1v) is 18.4. The van der Waals surface area contributed by atoms with Crippen LogP contribution in [-0.2, 0) is 56.5 Å². The van der Waals surface area contributed by atoms with Crippen LogP contribution in [0.25, 0.3) is 0 Å². The molecule has 1 aromatic rings. The first kappa shape index (κ1) is 44.8. The Labute approximate surface area is 310 Å². The van der Waals surface area contributed by atoms with E-state index in [1.807, 2.05) is 5.32 Å². The number of aromatic nitrogens is 2. The Morgan fingerprint density at radius 1 is 1.11 bits per heavy atom. The van der Waals surface area contributed by atoms with Crippen LogP contribution in [0, 0.1) is 5.92 Å². The smallest absolute Gasteiger partial charge is 0.472 e. The molecule has 0 aromatic carbocycles. The molecule has 54 heavy (non-hydrogen) atoms. The summed E-state index contributed by atoms with van der Waals surface area (Å²) in [5.74, 6) is -3.19. The lowest BCUT2D eigenvalue weighted by molar-refractivity contribution is -0.140. The summed E-state index contributed by atoms with van der Waals surface area (Å²) >= 11 is 0. The van der Waals surface area contributed by atoms with E-state index in [0.29, 0.717) is 0 Å². The minimum atomic E-state index is -5.06. The Hall–Kier alpha value is -3.63. The number of aliphatic carboxylic acids is 1. The van der Waals surface area contributed by atoms with Crippen LogP contribution in [0.1, 0.15) is 53.7 Å². The van der Waals surface area contributed by atoms with Gasteiger partial charge in [-0.1, -0.05) is 0 Å². The Morgan fingerprint density at radius 2 is 1.78 bits per heavy atom. The van der Waals surface area contributed by atoms with E-state index in [2.05, 4.69) is 4.98 Å². The number of phosphoric acid groups is 1. The third-order valence-electron chi connectivity index (χ3n) is 8.38. The van der Waals surface area contributed by atoms with Crippen molar-refractivity contribution < 1.29 is 71.6 Å². The number of hydrogen-bond acceptors (Lipinski definition) is 16. The molecule has 2 amide bonds. The Bertz CT molecular complexity index is 1650. The van der Waals surface area contributed by atoms with Crippen molar-refractivity contribution in [3.63, 3.8) is 0 Å². The van der Waals surface area contributed by atoms with Gasteiger partial charge in [0.15, 0.2) is 12.5 Å². The number of carbonyl (C=O) groups excluding carboxylic acids is 3. The number of amides is 2. The minimum absolute atomic E-state index is 0.0261. The summed E-state index contributed by atoms with van der Waals surface area (Å²) in [5, 5.41) is 21.5. The Morgan fingerprint density at radius 3 is 2.37 bits per heavy atom. The van der Waals surface area contributed by atoms with Crippen molar-refractivity contribution in [2.45, 2.75) is 102 Å². The van der Waals surface area contributed by atoms with Crippen LogP contribution < -0.4 is 16.6 Å². The molecule has 304 valence electrons. The predicted molar refractivity (Wildman–Crippen MR) is 184 cm³/mol. The molecule has 3 rings (SSSR count). The normalized spacial score (nSPS) is 26.9. The molecular formula is C32H49N4O17P. The summed E-state index contributed by atoms with van der Waals surface area (Å²) in [6, 6.07) is 1.04. The van der Waals surface area contributed by atoms with E-state index in [1.165, 1.54) is 31.9 Å². The Balaban J connectivity index is 1.88. The third-order valence-corrected chi connectivity index (χ3v) is 9.56. The molecule has 2 aliphatic rings. The highest BCUT2D eigenvalue weighted by Gasteiger charge is 2.56. The minimum Gasteiger partial charge on any atom is -0.481 e. The summed E-state index contributed by atoms with van der Waals surface area (Å²) < 4.78 is 55.8. The number of nitrogens with zero attached hydrogens (tertiary/aromatic N) is 2. The van der Waals surface area contributed by atoms with E-state index < -0.39 is 111 Å². The van der Waals surface area contributed by atoms with Gasteiger partial charge in [-0.25, -0.2) is 9.36 Å². The second kappa shape index (κ2) is 19.8. The number of ether oxygens (including phenoxy) is 5. The maximum atomic E-state index is 13.6. The molecule has 2 aliphatic heterocycles. The van der Waals surface area contributed by atoms with Gasteiger partial charge >= 0.3 is 19.5 Å². The summed E-state index contributed by atoms with van der Waals surface area (Å²) in [4.78, 5) is 84.5. The lowest BCUT2D eigenvalue weighted by Gasteiger charge is -2.38. The highest BCUT2D eigenvalue weighted by atomic mass is 31.2. The van der Waals surface area contributed by atoms with Crippen LogP contribution >= 0.6 is 7.82 Å². The Kier molecular flexibility index (Phi) is 16.4. The molecule has 0 aliphatic carbocycles. The van der Waals surface area contributed by atoms with Crippen molar-refractivity contribution in [3.05, 3.63) is 45.4 Å². The van der Waals surface area contributed by atoms with Gasteiger partial charge in [0, 0.05) is 43.9 Å². The summed E-state index contributed by atoms with van der Waals surface area (Å²) in [5.41, 5.74) is -3.34. The molecule has 3 heterocycles. The fourth-order valence-electron chi connectivity index (χ4n) is 6.14. The van der Waals surface area contributed by atoms with Crippen LogP contribution in [-0.4, -0.2) is 136 Å². The average molecular weight is 793 g/mol. The number of H-pyrrole nitrogens is 1. The quantitative estimate of drug-likeness (QED) is 0.0558. The number of carboxylic acids is 1. The number of hydrogen-bond donors (Lipinski definition) is 5. The molecule has 1 aromatic heterocycles. The topological polar surface area (TPSA) is 281 Å². The van der Waals surface area contributed by atoms with E-state index >= 15 is 0 Å². The molecule has 0 spiro atoms. The van der Waals surface area contributed by atoms with Crippen molar-refractivity contribution in [3.8, 4) is 0 Å². The van der Waals surface area contributed by atoms with Gasteiger partial charge in [0.2, 0.25) is 6.41 Å². The van der Waals surface area contributed by atoms with E-state index in [4.69, 9.17) is 32.7 Å². The van der Waals surface area contributed by atoms with Crippen LogP contribution in [0.2, 0.25) is 0 Å². The number of aliphatic hydroxyl groups is 1. The summed E-state index contributed by atoms with van der Waals surface area (Å²) in [7, 11) is -3.52. The highest BCUT2D eigenvalue weighted by Crippen LogP contribution is 2.53. The zero-order valence-corrected chi connectivity index (χ0v) is 31.6. The van der Waals surface area contributed by atoms with Crippen molar-refractivity contribution in [1.82, 2.24) is 19.8 Å². The van der Waals surface area contributed by atoms with Gasteiger partial charge in [0.1, 0.15) is 30.2 Å². The summed E-state index contributed by atoms with van der Waals surface area (Å²) in [6.45, 7) is 5.93. The molecule has 2 saturated heterocycles. The van der Waals surface area contributed by atoms with Gasteiger partial charge in [0.25, 0.3) is 11.5 Å². The van der Waals surface area contributed by atoms with Crippen molar-refractivity contribution >= 4 is 31.9 Å². The zero-order valence-electron chi connectivity index (χ0n) is 30.7. The number of carboxylic acid groups (broad SMARTS) is 1. The molecule has 9 unspecified atom stereocenters. The second-order valence-corrected chi connectivity index (χ2v) is 14.7. The van der Waals surface area contributed by atoms with Crippen LogP contribution in [0.3, 0.4) is 0 Å². The predicted octanol–water partition coefficient (Wildman–Crippen LogP) is -0.584. The maximum absolute atomic E-state index is 13.6. The number of aliphatic hydroxyl groups excluding tert-OH is 1. The number of rotatable bonds is 22. The fourth-order valence-corrected chi connectivity index (χ4v) is 7.25. The molecule has 0 radical (unpaired) electrons. The zero-order chi connectivity index (χ0) is 40.4. The van der Waals surface area contributed by atoms with Crippen molar-refractivity contribution in [2.75, 3.05) is 33.5 Å². The summed E-state index contributed by atoms with van der Waals surface area (Å²) in [6.07, 6.45) is -4.80. The lowest BCUT2D eigenvalue weighted by atomic mass is 9.83. The highest BCUT2D eigenvalue weighted by molar-refractivity contribution is 7.47. The molecular weight excluding hydrogens is 743 g/mol. The van der Waals surface area contributed by atoms with E-state index in [-0.39, 0.29) is 31.8 Å². The average Bonchev–Trinajstić information content (AvgIpc) is 3.60. The first-order valence-electron chi connectivity index (χ1n) is 17.0. The van der Waals surface area contributed by atoms with Gasteiger partial charge in [-0.15, -0.1) is 0 Å². The number of ketones is 1. The van der Waals surface area contributed by atoms with Gasteiger partial charge < -0.3 is 43.7 Å². The SMILES string of the molecule is CC(=O)CCOC1C(OC(C)C)C(COP(=O)(O)OC(C)(C)C2C(CO)OC(n3ccc(=O)[nH]c3=O)C2OCCC(=O)O)OC1N(C)/C=C\C(=O)NC=O. The monoisotopic (exact) mass is 792 g/mol. The van der Waals surface area contributed by atoms with Crippen molar-refractivity contribution in [1.29, 1.82) is 0 Å². The van der Waals surface area contributed by atoms with E-state index in [0.717, 1.165) is 22.9 Å². The maximum Gasteiger partial charge on any atom is 0.472 e. The number of Topliss-reactive ketones (excluding diaryl/α,β-unsaturated/α-hetero) is 1. The number of carbonyl (C=O) groups is 4. The fraction of sp³-hybridized carbons (Fsp3) is 0.688. The van der Waals surface area contributed by atoms with Crippen LogP contribution in [0.15, 0.2) is 34.1 Å². The lowest BCUT2D eigenvalue weighted by Crippen LogP contribution is -2.47. The third kappa shape index (κ3) is 12.4. The number of aromatic amines is 1. The molecule has 2 fully saturated rings. The number of imide groups is 1. The van der Waals surface area contributed by atoms with Gasteiger partial charge in [0.05, 0.1) is 50.7 Å². The van der Waals surface area contributed by atoms with Crippen LogP contribution in [0.4, 0.5) is 0 Å². The van der Waals surface area contributed by atoms with E-state index in [1.54, 1.807) is 20.9 Å². The van der Waals surface area contributed by atoms with Gasteiger partial charge in [-0.2, -0.15) is 0 Å².